The minimum atomic E-state index is -4.63. The highest BCUT2D eigenvalue weighted by Gasteiger charge is 2.37. The van der Waals surface area contributed by atoms with Crippen molar-refractivity contribution < 1.29 is 22.0 Å². The Hall–Kier alpha value is -2.62. The highest BCUT2D eigenvalue weighted by atomic mass is 35.5. The maximum absolute atomic E-state index is 14.5. The van der Waals surface area contributed by atoms with Gasteiger partial charge in [0.1, 0.15) is 34.7 Å². The molecule has 1 aromatic carbocycles. The Morgan fingerprint density at radius 2 is 1.74 bits per heavy atom. The van der Waals surface area contributed by atoms with Gasteiger partial charge in [-0.25, -0.2) is 18.7 Å². The van der Waals surface area contributed by atoms with Crippen LogP contribution in [0.5, 0.6) is 0 Å². The van der Waals surface area contributed by atoms with Crippen molar-refractivity contribution in [2.24, 2.45) is 0 Å². The summed E-state index contributed by atoms with van der Waals surface area (Å²) in [7, 11) is 0. The number of hydrogen-bond acceptors (Lipinski definition) is 5. The van der Waals surface area contributed by atoms with Crippen LogP contribution in [0.15, 0.2) is 18.5 Å². The van der Waals surface area contributed by atoms with Gasteiger partial charge in [-0.2, -0.15) is 13.2 Å². The Labute approximate surface area is 154 Å². The molecule has 3 rings (SSSR count). The second-order valence-electron chi connectivity index (χ2n) is 5.80. The van der Waals surface area contributed by atoms with E-state index in [1.807, 2.05) is 0 Å². The number of fused-ring (bicyclic) bond motifs is 1. The van der Waals surface area contributed by atoms with Crippen molar-refractivity contribution in [3.8, 4) is 11.1 Å². The second-order valence-corrected chi connectivity index (χ2v) is 6.15. The molecule has 0 saturated heterocycles. The van der Waals surface area contributed by atoms with Crippen LogP contribution in [0.3, 0.4) is 0 Å². The lowest BCUT2D eigenvalue weighted by Crippen LogP contribution is -2.33. The number of aromatic nitrogens is 4. The number of pyridine rings is 1. The maximum Gasteiger partial charge on any atom is 0.408 e. The van der Waals surface area contributed by atoms with Gasteiger partial charge in [-0.15, -0.1) is 10.2 Å². The fourth-order valence-corrected chi connectivity index (χ4v) is 2.77. The van der Waals surface area contributed by atoms with Crippen LogP contribution in [0, 0.1) is 18.6 Å². The predicted molar refractivity (Wildman–Crippen MR) is 89.4 cm³/mol. The van der Waals surface area contributed by atoms with Gasteiger partial charge in [-0.3, -0.25) is 0 Å². The Morgan fingerprint density at radius 3 is 2.33 bits per heavy atom. The average molecular weight is 404 g/mol. The topological polar surface area (TPSA) is 63.6 Å². The molecule has 0 aliphatic carbocycles. The number of halogens is 6. The van der Waals surface area contributed by atoms with Crippen molar-refractivity contribution in [1.82, 2.24) is 20.2 Å². The zero-order valence-electron chi connectivity index (χ0n) is 13.9. The van der Waals surface area contributed by atoms with Crippen LogP contribution in [0.1, 0.15) is 12.5 Å². The Balaban J connectivity index is 2.36. The molecule has 142 valence electrons. The molecule has 0 unspecified atom stereocenters. The van der Waals surface area contributed by atoms with Crippen LogP contribution >= 0.6 is 11.6 Å². The van der Waals surface area contributed by atoms with Gasteiger partial charge in [0.15, 0.2) is 0 Å². The summed E-state index contributed by atoms with van der Waals surface area (Å²) in [5, 5.41) is 8.89. The summed E-state index contributed by atoms with van der Waals surface area (Å²) >= 11 is 6.06. The molecule has 2 aromatic heterocycles. The second kappa shape index (κ2) is 6.84. The van der Waals surface area contributed by atoms with Gasteiger partial charge < -0.3 is 5.32 Å². The summed E-state index contributed by atoms with van der Waals surface area (Å²) in [6.07, 6.45) is -3.66. The van der Waals surface area contributed by atoms with Crippen molar-refractivity contribution in [2.75, 3.05) is 5.32 Å². The molecule has 0 aliphatic heterocycles. The van der Waals surface area contributed by atoms with E-state index in [0.717, 1.165) is 25.4 Å². The van der Waals surface area contributed by atoms with Crippen LogP contribution in [0.2, 0.25) is 5.15 Å². The molecule has 0 saturated carbocycles. The highest BCUT2D eigenvalue weighted by molar-refractivity contribution is 6.33. The zero-order valence-corrected chi connectivity index (χ0v) is 14.6. The molecule has 0 bridgehead atoms. The quantitative estimate of drug-likeness (QED) is 0.508. The first-order chi connectivity index (χ1) is 12.6. The van der Waals surface area contributed by atoms with E-state index in [4.69, 9.17) is 11.6 Å². The maximum atomic E-state index is 14.5. The number of nitrogens with zero attached hydrogens (tertiary/aromatic N) is 4. The monoisotopic (exact) mass is 403 g/mol. The summed E-state index contributed by atoms with van der Waals surface area (Å²) in [6, 6.07) is 0.00637. The fraction of sp³-hybridized carbons (Fsp3) is 0.250. The van der Waals surface area contributed by atoms with E-state index in [1.54, 1.807) is 0 Å². The van der Waals surface area contributed by atoms with Gasteiger partial charge in [0.25, 0.3) is 0 Å². The number of anilines is 1. The molecule has 0 aliphatic rings. The number of aryl methyl sites for hydroxylation is 1. The summed E-state index contributed by atoms with van der Waals surface area (Å²) < 4.78 is 68.2. The van der Waals surface area contributed by atoms with Gasteiger partial charge in [0, 0.05) is 0 Å². The Bertz CT molecular complexity index is 1000. The van der Waals surface area contributed by atoms with Gasteiger partial charge >= 0.3 is 6.18 Å². The van der Waals surface area contributed by atoms with Gasteiger partial charge in [0.2, 0.25) is 5.65 Å². The zero-order chi connectivity index (χ0) is 19.9. The standard InChI is InChI=1S/C16H11ClF5N5/c1-6-3-8(18)10(9(19)4-6)11-12(25-7(2)16(20,21)22)13-15(26-14(11)17)27-24-5-23-13/h3-5,7H,1-2H3,(H,25,26,27)/t7-/m0/s1. The lowest BCUT2D eigenvalue weighted by Gasteiger charge is -2.22. The van der Waals surface area contributed by atoms with Crippen molar-refractivity contribution >= 4 is 28.5 Å². The van der Waals surface area contributed by atoms with Gasteiger partial charge in [-0.05, 0) is 31.5 Å². The SMILES string of the molecule is Cc1cc(F)c(-c2c(Cl)nc3nncnc3c2N[C@@H](C)C(F)(F)F)c(F)c1. The predicted octanol–water partition coefficient (Wildman–Crippen LogP) is 4.69. The minimum Gasteiger partial charge on any atom is -0.372 e. The van der Waals surface area contributed by atoms with Crippen LogP contribution in [0.4, 0.5) is 27.6 Å². The lowest BCUT2D eigenvalue weighted by atomic mass is 10.0. The average Bonchev–Trinajstić information content (AvgIpc) is 2.55. The number of benzene rings is 1. The van der Waals surface area contributed by atoms with Gasteiger partial charge in [-0.1, -0.05) is 11.6 Å². The number of nitrogens with one attached hydrogen (secondary N) is 1. The Kier molecular flexibility index (Phi) is 4.85. The molecular formula is C16H11ClF5N5. The summed E-state index contributed by atoms with van der Waals surface area (Å²) in [4.78, 5) is 7.71. The van der Waals surface area contributed by atoms with E-state index in [1.165, 1.54) is 6.92 Å². The number of hydrogen-bond donors (Lipinski definition) is 1. The first-order valence-corrected chi connectivity index (χ1v) is 7.93. The van der Waals surface area contributed by atoms with Gasteiger partial charge in [0.05, 0.1) is 16.8 Å². The first-order valence-electron chi connectivity index (χ1n) is 7.55. The molecule has 1 atom stereocenters. The van der Waals surface area contributed by atoms with E-state index in [-0.39, 0.29) is 22.4 Å². The fourth-order valence-electron chi connectivity index (χ4n) is 2.50. The van der Waals surface area contributed by atoms with Crippen LogP contribution in [-0.2, 0) is 0 Å². The molecule has 0 fully saturated rings. The lowest BCUT2D eigenvalue weighted by molar-refractivity contribution is -0.138. The van der Waals surface area contributed by atoms with Crippen LogP contribution in [0.25, 0.3) is 22.3 Å². The summed E-state index contributed by atoms with van der Waals surface area (Å²) in [5.74, 6) is -2.00. The smallest absolute Gasteiger partial charge is 0.372 e. The van der Waals surface area contributed by atoms with E-state index >= 15 is 0 Å². The number of alkyl halides is 3. The highest BCUT2D eigenvalue weighted by Crippen LogP contribution is 2.41. The first kappa shape index (κ1) is 19.2. The van der Waals surface area contributed by atoms with Crippen LogP contribution in [-0.4, -0.2) is 32.4 Å². The third-order valence-electron chi connectivity index (χ3n) is 3.79. The third kappa shape index (κ3) is 3.61. The molecule has 3 aromatic rings. The van der Waals surface area contributed by atoms with Crippen molar-refractivity contribution in [2.45, 2.75) is 26.1 Å². The van der Waals surface area contributed by atoms with E-state index in [2.05, 4.69) is 25.5 Å². The van der Waals surface area contributed by atoms with E-state index < -0.39 is 34.6 Å². The normalized spacial score (nSPS) is 13.0. The third-order valence-corrected chi connectivity index (χ3v) is 4.06. The molecule has 0 radical (unpaired) electrons. The Morgan fingerprint density at radius 1 is 1.11 bits per heavy atom. The largest absolute Gasteiger partial charge is 0.408 e. The van der Waals surface area contributed by atoms with Crippen molar-refractivity contribution in [3.05, 3.63) is 40.8 Å². The molecule has 1 N–H and O–H groups in total. The number of rotatable bonds is 3. The molecule has 0 spiro atoms. The molecule has 5 nitrogen and oxygen atoms in total. The van der Waals surface area contributed by atoms with E-state index in [0.29, 0.717) is 5.56 Å². The van der Waals surface area contributed by atoms with Crippen LogP contribution < -0.4 is 5.32 Å². The van der Waals surface area contributed by atoms with E-state index in [9.17, 15) is 22.0 Å². The summed E-state index contributed by atoms with van der Waals surface area (Å²) in [5.41, 5.74) is -1.37. The molecule has 2 heterocycles. The minimum absolute atomic E-state index is 0.153. The summed E-state index contributed by atoms with van der Waals surface area (Å²) in [6.45, 7) is 2.32. The van der Waals surface area contributed by atoms with Crippen molar-refractivity contribution in [1.29, 1.82) is 0 Å². The molecular weight excluding hydrogens is 393 g/mol. The molecule has 27 heavy (non-hydrogen) atoms. The molecule has 0 amide bonds. The molecule has 11 heteroatoms. The van der Waals surface area contributed by atoms with Crippen molar-refractivity contribution in [3.63, 3.8) is 0 Å².